The van der Waals surface area contributed by atoms with Crippen molar-refractivity contribution in [1.82, 2.24) is 0 Å². The summed E-state index contributed by atoms with van der Waals surface area (Å²) < 4.78 is 38.2. The summed E-state index contributed by atoms with van der Waals surface area (Å²) >= 11 is 0. The zero-order valence-electron chi connectivity index (χ0n) is 11.3. The molecular weight excluding hydrogens is 269 g/mol. The van der Waals surface area contributed by atoms with Crippen LogP contribution in [0.15, 0.2) is 24.3 Å². The predicted octanol–water partition coefficient (Wildman–Crippen LogP) is 2.24. The molecule has 112 valence electrons. The number of hydrogen-bond donors (Lipinski definition) is 2. The van der Waals surface area contributed by atoms with Crippen LogP contribution >= 0.6 is 0 Å². The second-order valence-corrected chi connectivity index (χ2v) is 5.45. The molecule has 6 heteroatoms. The molecule has 1 aromatic rings. The maximum Gasteiger partial charge on any atom is 0.416 e. The molecule has 1 saturated heterocycles. The molecule has 0 aromatic heterocycles. The van der Waals surface area contributed by atoms with Gasteiger partial charge in [-0.2, -0.15) is 13.2 Å². The number of piperidine rings is 1. The van der Waals surface area contributed by atoms with E-state index >= 15 is 0 Å². The van der Waals surface area contributed by atoms with Crippen LogP contribution in [0.1, 0.15) is 18.9 Å². The summed E-state index contributed by atoms with van der Waals surface area (Å²) in [4.78, 5) is 1.82. The standard InChI is InChI=1S/C14H19F3N2O/c1-9(20)10-5-12(18)8-19(7-10)13-4-2-3-11(6-13)14(15,16)17/h2-4,6,9-10,12,20H,5,7-8,18H2,1H3. The van der Waals surface area contributed by atoms with E-state index in [4.69, 9.17) is 5.73 Å². The first-order chi connectivity index (χ1) is 9.27. The molecular formula is C14H19F3N2O. The zero-order chi connectivity index (χ0) is 14.9. The van der Waals surface area contributed by atoms with Gasteiger partial charge in [-0.05, 0) is 31.5 Å². The Bertz CT molecular complexity index is 462. The van der Waals surface area contributed by atoms with Gasteiger partial charge in [0.2, 0.25) is 0 Å². The van der Waals surface area contributed by atoms with E-state index in [1.807, 2.05) is 4.90 Å². The van der Waals surface area contributed by atoms with Crippen molar-refractivity contribution in [2.45, 2.75) is 31.7 Å². The van der Waals surface area contributed by atoms with E-state index in [1.54, 1.807) is 13.0 Å². The number of nitrogens with two attached hydrogens (primary N) is 1. The Morgan fingerprint density at radius 2 is 2.05 bits per heavy atom. The Morgan fingerprint density at radius 1 is 1.35 bits per heavy atom. The largest absolute Gasteiger partial charge is 0.416 e. The number of hydrogen-bond acceptors (Lipinski definition) is 3. The molecule has 1 aromatic carbocycles. The first-order valence-corrected chi connectivity index (χ1v) is 6.63. The first-order valence-electron chi connectivity index (χ1n) is 6.63. The number of nitrogens with zero attached hydrogens (tertiary/aromatic N) is 1. The van der Waals surface area contributed by atoms with Gasteiger partial charge in [-0.1, -0.05) is 6.07 Å². The Kier molecular flexibility index (Phi) is 4.25. The van der Waals surface area contributed by atoms with Crippen LogP contribution in [0, 0.1) is 5.92 Å². The van der Waals surface area contributed by atoms with E-state index in [0.29, 0.717) is 25.2 Å². The van der Waals surface area contributed by atoms with Crippen molar-refractivity contribution in [3.8, 4) is 0 Å². The average molecular weight is 288 g/mol. The molecule has 3 unspecified atom stereocenters. The fourth-order valence-electron chi connectivity index (χ4n) is 2.62. The molecule has 0 bridgehead atoms. The van der Waals surface area contributed by atoms with Crippen molar-refractivity contribution in [3.63, 3.8) is 0 Å². The van der Waals surface area contributed by atoms with Gasteiger partial charge < -0.3 is 15.7 Å². The molecule has 0 saturated carbocycles. The molecule has 0 radical (unpaired) electrons. The molecule has 3 nitrogen and oxygen atoms in total. The highest BCUT2D eigenvalue weighted by Gasteiger charge is 2.32. The predicted molar refractivity (Wildman–Crippen MR) is 71.4 cm³/mol. The van der Waals surface area contributed by atoms with Crippen molar-refractivity contribution < 1.29 is 18.3 Å². The number of halogens is 3. The molecule has 0 aliphatic carbocycles. The lowest BCUT2D eigenvalue weighted by Gasteiger charge is -2.39. The van der Waals surface area contributed by atoms with Crippen LogP contribution in [-0.4, -0.2) is 30.3 Å². The van der Waals surface area contributed by atoms with Crippen LogP contribution in [0.4, 0.5) is 18.9 Å². The molecule has 1 fully saturated rings. The van der Waals surface area contributed by atoms with Gasteiger partial charge in [0, 0.05) is 30.7 Å². The highest BCUT2D eigenvalue weighted by Crippen LogP contribution is 2.33. The van der Waals surface area contributed by atoms with Crippen molar-refractivity contribution in [2.24, 2.45) is 11.7 Å². The van der Waals surface area contributed by atoms with Crippen molar-refractivity contribution >= 4 is 5.69 Å². The lowest BCUT2D eigenvalue weighted by molar-refractivity contribution is -0.137. The third kappa shape index (κ3) is 3.43. The molecule has 20 heavy (non-hydrogen) atoms. The number of aliphatic hydroxyl groups excluding tert-OH is 1. The summed E-state index contributed by atoms with van der Waals surface area (Å²) in [5.41, 5.74) is 5.78. The second kappa shape index (κ2) is 5.61. The minimum Gasteiger partial charge on any atom is -0.393 e. The van der Waals surface area contributed by atoms with Gasteiger partial charge in [-0.15, -0.1) is 0 Å². The third-order valence-corrected chi connectivity index (χ3v) is 3.74. The maximum atomic E-state index is 12.7. The minimum atomic E-state index is -4.35. The molecule has 0 amide bonds. The smallest absolute Gasteiger partial charge is 0.393 e. The van der Waals surface area contributed by atoms with Crippen molar-refractivity contribution in [1.29, 1.82) is 0 Å². The Hall–Kier alpha value is -1.27. The topological polar surface area (TPSA) is 49.5 Å². The van der Waals surface area contributed by atoms with E-state index in [1.165, 1.54) is 6.07 Å². The van der Waals surface area contributed by atoms with Crippen molar-refractivity contribution in [2.75, 3.05) is 18.0 Å². The number of alkyl halides is 3. The molecule has 3 N–H and O–H groups in total. The summed E-state index contributed by atoms with van der Waals surface area (Å²) in [5.74, 6) is -0.0201. The molecule has 0 spiro atoms. The van der Waals surface area contributed by atoms with Gasteiger partial charge in [0.05, 0.1) is 11.7 Å². The summed E-state index contributed by atoms with van der Waals surface area (Å²) in [6.45, 7) is 2.71. The van der Waals surface area contributed by atoms with Gasteiger partial charge in [-0.3, -0.25) is 0 Å². The highest BCUT2D eigenvalue weighted by molar-refractivity contribution is 5.50. The number of rotatable bonds is 2. The normalized spacial score (nSPS) is 25.6. The van der Waals surface area contributed by atoms with Gasteiger partial charge in [0.15, 0.2) is 0 Å². The fourth-order valence-corrected chi connectivity index (χ4v) is 2.62. The van der Waals surface area contributed by atoms with E-state index < -0.39 is 17.8 Å². The van der Waals surface area contributed by atoms with Crippen LogP contribution in [0.2, 0.25) is 0 Å². The second-order valence-electron chi connectivity index (χ2n) is 5.45. The lowest BCUT2D eigenvalue weighted by atomic mass is 9.90. The summed E-state index contributed by atoms with van der Waals surface area (Å²) in [6, 6.07) is 5.09. The van der Waals surface area contributed by atoms with Gasteiger partial charge in [-0.25, -0.2) is 0 Å². The average Bonchev–Trinajstić information content (AvgIpc) is 2.37. The van der Waals surface area contributed by atoms with Crippen LogP contribution in [0.25, 0.3) is 0 Å². The summed E-state index contributed by atoms with van der Waals surface area (Å²) in [5, 5.41) is 9.68. The highest BCUT2D eigenvalue weighted by atomic mass is 19.4. The first kappa shape index (κ1) is 15.1. The number of aliphatic hydroxyl groups is 1. The quantitative estimate of drug-likeness (QED) is 0.877. The molecule has 1 aliphatic heterocycles. The Balaban J connectivity index is 2.22. The SMILES string of the molecule is CC(O)C1CC(N)CN(c2cccc(C(F)(F)F)c2)C1. The lowest BCUT2D eigenvalue weighted by Crippen LogP contribution is -2.49. The van der Waals surface area contributed by atoms with Crippen LogP contribution in [0.3, 0.4) is 0 Å². The van der Waals surface area contributed by atoms with Crippen LogP contribution < -0.4 is 10.6 Å². The van der Waals surface area contributed by atoms with Crippen LogP contribution in [-0.2, 0) is 6.18 Å². The summed E-state index contributed by atoms with van der Waals surface area (Å²) in [7, 11) is 0. The van der Waals surface area contributed by atoms with E-state index in [9.17, 15) is 18.3 Å². The Labute approximate surface area is 116 Å². The number of benzene rings is 1. The summed E-state index contributed by atoms with van der Waals surface area (Å²) in [6.07, 6.45) is -4.18. The molecule has 1 heterocycles. The fraction of sp³-hybridized carbons (Fsp3) is 0.571. The molecule has 3 atom stereocenters. The molecule has 1 aliphatic rings. The van der Waals surface area contributed by atoms with Gasteiger partial charge >= 0.3 is 6.18 Å². The van der Waals surface area contributed by atoms with Crippen molar-refractivity contribution in [3.05, 3.63) is 29.8 Å². The molecule has 2 rings (SSSR count). The van der Waals surface area contributed by atoms with E-state index in [2.05, 4.69) is 0 Å². The van der Waals surface area contributed by atoms with Crippen LogP contribution in [0.5, 0.6) is 0 Å². The zero-order valence-corrected chi connectivity index (χ0v) is 11.3. The third-order valence-electron chi connectivity index (χ3n) is 3.74. The monoisotopic (exact) mass is 288 g/mol. The number of anilines is 1. The maximum absolute atomic E-state index is 12.7. The van der Waals surface area contributed by atoms with E-state index in [0.717, 1.165) is 12.1 Å². The Morgan fingerprint density at radius 3 is 2.65 bits per heavy atom. The van der Waals surface area contributed by atoms with E-state index in [-0.39, 0.29) is 12.0 Å². The van der Waals surface area contributed by atoms with Gasteiger partial charge in [0.25, 0.3) is 0 Å². The van der Waals surface area contributed by atoms with Gasteiger partial charge in [0.1, 0.15) is 0 Å². The minimum absolute atomic E-state index is 0.0201.